The first kappa shape index (κ1) is 12.9. The van der Waals surface area contributed by atoms with Gasteiger partial charge in [-0.1, -0.05) is 18.2 Å². The lowest BCUT2D eigenvalue weighted by Crippen LogP contribution is -2.48. The third-order valence-corrected chi connectivity index (χ3v) is 4.25. The van der Waals surface area contributed by atoms with E-state index in [9.17, 15) is 9.59 Å². The van der Waals surface area contributed by atoms with Gasteiger partial charge in [0, 0.05) is 29.9 Å². The summed E-state index contributed by atoms with van der Waals surface area (Å²) in [6, 6.07) is 7.63. The Bertz CT molecular complexity index is 702. The Balaban J connectivity index is 2.20. The fourth-order valence-electron chi connectivity index (χ4n) is 3.33. The minimum atomic E-state index is -0.353. The minimum absolute atomic E-state index is 0.0444. The van der Waals surface area contributed by atoms with Crippen molar-refractivity contribution in [1.82, 2.24) is 9.88 Å². The molecule has 1 aromatic carbocycles. The average Bonchev–Trinajstić information content (AvgIpc) is 2.77. The van der Waals surface area contributed by atoms with E-state index in [0.29, 0.717) is 6.42 Å². The molecule has 1 N–H and O–H groups in total. The second-order valence-electron chi connectivity index (χ2n) is 5.50. The highest BCUT2D eigenvalue weighted by molar-refractivity contribution is 5.91. The number of aromatic nitrogens is 1. The van der Waals surface area contributed by atoms with E-state index in [4.69, 9.17) is 0 Å². The van der Waals surface area contributed by atoms with Gasteiger partial charge in [-0.3, -0.25) is 9.59 Å². The van der Waals surface area contributed by atoms with Crippen LogP contribution >= 0.6 is 0 Å². The maximum atomic E-state index is 11.9. The van der Waals surface area contributed by atoms with Crippen molar-refractivity contribution in [2.75, 3.05) is 0 Å². The Morgan fingerprint density at radius 1 is 1.25 bits per heavy atom. The summed E-state index contributed by atoms with van der Waals surface area (Å²) in [6.45, 7) is 5.07. The Labute approximate surface area is 117 Å². The highest BCUT2D eigenvalue weighted by atomic mass is 16.2. The number of nitrogens with one attached hydrogen (secondary N) is 1. The smallest absolute Gasteiger partial charge is 0.220 e. The molecule has 1 amide bonds. The molecule has 4 heteroatoms. The summed E-state index contributed by atoms with van der Waals surface area (Å²) in [7, 11) is 0. The summed E-state index contributed by atoms with van der Waals surface area (Å²) in [5.41, 5.74) is 3.29. The third-order valence-electron chi connectivity index (χ3n) is 4.25. The van der Waals surface area contributed by atoms with Crippen molar-refractivity contribution in [2.45, 2.75) is 39.3 Å². The van der Waals surface area contributed by atoms with E-state index >= 15 is 0 Å². The summed E-state index contributed by atoms with van der Waals surface area (Å²) in [5, 5.41) is 1.16. The molecule has 0 spiro atoms. The SMILES string of the molecule is CC(=O)C1Cc2c([nH]c3ccccc23)C(C)N1C(C)=O. The molecule has 0 saturated carbocycles. The second-order valence-corrected chi connectivity index (χ2v) is 5.50. The molecule has 1 aliphatic rings. The zero-order valence-corrected chi connectivity index (χ0v) is 11.9. The first-order chi connectivity index (χ1) is 9.50. The molecule has 4 nitrogen and oxygen atoms in total. The number of Topliss-reactive ketones (excluding diaryl/α,β-unsaturated/α-hetero) is 1. The monoisotopic (exact) mass is 270 g/mol. The van der Waals surface area contributed by atoms with E-state index in [2.05, 4.69) is 11.1 Å². The van der Waals surface area contributed by atoms with Gasteiger partial charge in [0.05, 0.1) is 12.1 Å². The van der Waals surface area contributed by atoms with E-state index in [0.717, 1.165) is 16.6 Å². The Kier molecular flexibility index (Phi) is 2.89. The van der Waals surface area contributed by atoms with Gasteiger partial charge in [0.2, 0.25) is 5.91 Å². The highest BCUT2D eigenvalue weighted by Crippen LogP contribution is 2.37. The Morgan fingerprint density at radius 2 is 1.95 bits per heavy atom. The van der Waals surface area contributed by atoms with Crippen molar-refractivity contribution in [1.29, 1.82) is 0 Å². The van der Waals surface area contributed by atoms with E-state index in [1.54, 1.807) is 11.8 Å². The van der Waals surface area contributed by atoms with Gasteiger partial charge in [0.25, 0.3) is 0 Å². The van der Waals surface area contributed by atoms with Crippen LogP contribution < -0.4 is 0 Å². The lowest BCUT2D eigenvalue weighted by atomic mass is 9.90. The molecule has 3 rings (SSSR count). The molecule has 2 unspecified atom stereocenters. The number of para-hydroxylation sites is 1. The van der Waals surface area contributed by atoms with E-state index < -0.39 is 0 Å². The van der Waals surface area contributed by atoms with E-state index in [1.807, 2.05) is 25.1 Å². The lowest BCUT2D eigenvalue weighted by Gasteiger charge is -2.38. The van der Waals surface area contributed by atoms with Gasteiger partial charge in [-0.05, 0) is 25.5 Å². The number of ketones is 1. The zero-order valence-electron chi connectivity index (χ0n) is 11.9. The molecule has 1 aromatic heterocycles. The lowest BCUT2D eigenvalue weighted by molar-refractivity contribution is -0.140. The summed E-state index contributed by atoms with van der Waals surface area (Å²) < 4.78 is 0. The zero-order chi connectivity index (χ0) is 14.4. The van der Waals surface area contributed by atoms with Gasteiger partial charge < -0.3 is 9.88 Å². The van der Waals surface area contributed by atoms with Gasteiger partial charge in [0.1, 0.15) is 0 Å². The van der Waals surface area contributed by atoms with Crippen molar-refractivity contribution < 1.29 is 9.59 Å². The normalized spacial score (nSPS) is 21.9. The van der Waals surface area contributed by atoms with Crippen molar-refractivity contribution in [2.24, 2.45) is 0 Å². The molecule has 1 aliphatic heterocycles. The molecular formula is C16H18N2O2. The molecule has 2 atom stereocenters. The number of carbonyl (C=O) groups is 2. The largest absolute Gasteiger partial charge is 0.356 e. The van der Waals surface area contributed by atoms with Gasteiger partial charge >= 0.3 is 0 Å². The van der Waals surface area contributed by atoms with Crippen LogP contribution in [-0.4, -0.2) is 27.6 Å². The molecule has 20 heavy (non-hydrogen) atoms. The molecule has 0 aliphatic carbocycles. The predicted octanol–water partition coefficient (Wildman–Crippen LogP) is 2.59. The molecule has 104 valence electrons. The summed E-state index contributed by atoms with van der Waals surface area (Å²) in [4.78, 5) is 28.9. The summed E-state index contributed by atoms with van der Waals surface area (Å²) in [6.07, 6.45) is 0.596. The van der Waals surface area contributed by atoms with Crippen LogP contribution in [0.4, 0.5) is 0 Å². The number of fused-ring (bicyclic) bond motifs is 3. The van der Waals surface area contributed by atoms with Crippen molar-refractivity contribution in [3.8, 4) is 0 Å². The number of hydrogen-bond acceptors (Lipinski definition) is 2. The van der Waals surface area contributed by atoms with E-state index in [1.165, 1.54) is 12.5 Å². The maximum Gasteiger partial charge on any atom is 0.220 e. The molecule has 2 aromatic rings. The topological polar surface area (TPSA) is 53.2 Å². The molecule has 0 saturated heterocycles. The first-order valence-electron chi connectivity index (χ1n) is 6.89. The predicted molar refractivity (Wildman–Crippen MR) is 77.4 cm³/mol. The van der Waals surface area contributed by atoms with Crippen molar-refractivity contribution >= 4 is 22.6 Å². The molecule has 0 bridgehead atoms. The van der Waals surface area contributed by atoms with Crippen LogP contribution in [0.3, 0.4) is 0 Å². The van der Waals surface area contributed by atoms with Crippen LogP contribution in [0.25, 0.3) is 10.9 Å². The third kappa shape index (κ3) is 1.75. The number of H-pyrrole nitrogens is 1. The number of amides is 1. The van der Waals surface area contributed by atoms with E-state index in [-0.39, 0.29) is 23.8 Å². The highest BCUT2D eigenvalue weighted by Gasteiger charge is 2.37. The molecule has 2 heterocycles. The van der Waals surface area contributed by atoms with Gasteiger partial charge in [-0.2, -0.15) is 0 Å². The summed E-state index contributed by atoms with van der Waals surface area (Å²) >= 11 is 0. The van der Waals surface area contributed by atoms with Crippen molar-refractivity contribution in [3.63, 3.8) is 0 Å². The maximum absolute atomic E-state index is 11.9. The molecular weight excluding hydrogens is 252 g/mol. The first-order valence-corrected chi connectivity index (χ1v) is 6.89. The number of aromatic amines is 1. The number of rotatable bonds is 1. The van der Waals surface area contributed by atoms with Crippen LogP contribution in [0.1, 0.15) is 38.1 Å². The Morgan fingerprint density at radius 3 is 2.60 bits per heavy atom. The average molecular weight is 270 g/mol. The quantitative estimate of drug-likeness (QED) is 0.866. The minimum Gasteiger partial charge on any atom is -0.356 e. The van der Waals surface area contributed by atoms with Crippen molar-refractivity contribution in [3.05, 3.63) is 35.5 Å². The van der Waals surface area contributed by atoms with Crippen LogP contribution in [0, 0.1) is 0 Å². The van der Waals surface area contributed by atoms with Crippen LogP contribution in [-0.2, 0) is 16.0 Å². The summed E-state index contributed by atoms with van der Waals surface area (Å²) in [5.74, 6) is -0.00927. The van der Waals surface area contributed by atoms with Crippen LogP contribution in [0.5, 0.6) is 0 Å². The van der Waals surface area contributed by atoms with Gasteiger partial charge in [0.15, 0.2) is 5.78 Å². The fraction of sp³-hybridized carbons (Fsp3) is 0.375. The number of hydrogen-bond donors (Lipinski definition) is 1. The number of nitrogens with zero attached hydrogens (tertiary/aromatic N) is 1. The van der Waals surface area contributed by atoms with Gasteiger partial charge in [-0.25, -0.2) is 0 Å². The molecule has 0 fully saturated rings. The fourth-order valence-corrected chi connectivity index (χ4v) is 3.33. The second kappa shape index (κ2) is 4.47. The molecule has 0 radical (unpaired) electrons. The number of benzene rings is 1. The van der Waals surface area contributed by atoms with Crippen LogP contribution in [0.15, 0.2) is 24.3 Å². The van der Waals surface area contributed by atoms with Gasteiger partial charge in [-0.15, -0.1) is 0 Å². The Hall–Kier alpha value is -2.10. The standard InChI is InChI=1S/C16H18N2O2/c1-9-16-13(12-6-4-5-7-14(12)17-16)8-15(10(2)19)18(9)11(3)20/h4-7,9,15,17H,8H2,1-3H3. The number of carbonyl (C=O) groups excluding carboxylic acids is 2. The van der Waals surface area contributed by atoms with Crippen LogP contribution in [0.2, 0.25) is 0 Å².